The van der Waals surface area contributed by atoms with Gasteiger partial charge < -0.3 is 5.32 Å². The lowest BCUT2D eigenvalue weighted by Crippen LogP contribution is -2.48. The highest BCUT2D eigenvalue weighted by Gasteiger charge is 2.30. The summed E-state index contributed by atoms with van der Waals surface area (Å²) in [7, 11) is 0. The molecule has 0 spiro atoms. The van der Waals surface area contributed by atoms with Crippen LogP contribution in [0.3, 0.4) is 0 Å². The highest BCUT2D eigenvalue weighted by molar-refractivity contribution is 4.88. The number of rotatable bonds is 3. The van der Waals surface area contributed by atoms with Gasteiger partial charge in [-0.1, -0.05) is 13.3 Å². The smallest absolute Gasteiger partial charge is 0.00747 e. The van der Waals surface area contributed by atoms with E-state index in [9.17, 15) is 0 Å². The van der Waals surface area contributed by atoms with Gasteiger partial charge in [-0.3, -0.25) is 0 Å². The number of hydrogen-bond acceptors (Lipinski definition) is 1. The van der Waals surface area contributed by atoms with Crippen LogP contribution in [0.1, 0.15) is 46.0 Å². The summed E-state index contributed by atoms with van der Waals surface area (Å²) in [6, 6.07) is 1.65. The van der Waals surface area contributed by atoms with Crippen LogP contribution in [0.4, 0.5) is 0 Å². The Balaban J connectivity index is 1.65. The average Bonchev–Trinajstić information content (AvgIpc) is 1.79. The van der Waals surface area contributed by atoms with Crippen LogP contribution in [0, 0.1) is 11.8 Å². The van der Waals surface area contributed by atoms with Gasteiger partial charge in [0.1, 0.15) is 0 Å². The molecule has 0 radical (unpaired) electrons. The van der Waals surface area contributed by atoms with E-state index in [4.69, 9.17) is 0 Å². The van der Waals surface area contributed by atoms with Crippen molar-refractivity contribution in [2.24, 2.45) is 11.8 Å². The molecule has 0 aromatic rings. The first-order valence-electron chi connectivity index (χ1n) is 5.51. The SMILES string of the molecule is CC1CC(N[C@H](C)C2CCC2)C1. The van der Waals surface area contributed by atoms with E-state index in [1.165, 1.54) is 32.1 Å². The highest BCUT2D eigenvalue weighted by atomic mass is 15.0. The van der Waals surface area contributed by atoms with Crippen LogP contribution < -0.4 is 5.32 Å². The van der Waals surface area contributed by atoms with Crippen LogP contribution in [0.2, 0.25) is 0 Å². The summed E-state index contributed by atoms with van der Waals surface area (Å²) in [5.74, 6) is 1.98. The summed E-state index contributed by atoms with van der Waals surface area (Å²) < 4.78 is 0. The molecule has 2 aliphatic rings. The Kier molecular flexibility index (Phi) is 2.40. The molecule has 2 saturated carbocycles. The van der Waals surface area contributed by atoms with Crippen LogP contribution >= 0.6 is 0 Å². The Bertz CT molecular complexity index is 145. The van der Waals surface area contributed by atoms with Gasteiger partial charge in [0, 0.05) is 12.1 Å². The van der Waals surface area contributed by atoms with Crippen molar-refractivity contribution in [2.75, 3.05) is 0 Å². The molecule has 0 heterocycles. The fraction of sp³-hybridized carbons (Fsp3) is 1.00. The van der Waals surface area contributed by atoms with Gasteiger partial charge in [-0.25, -0.2) is 0 Å². The van der Waals surface area contributed by atoms with E-state index in [1.54, 1.807) is 0 Å². The Labute approximate surface area is 75.9 Å². The minimum Gasteiger partial charge on any atom is -0.311 e. The predicted octanol–water partition coefficient (Wildman–Crippen LogP) is 2.56. The van der Waals surface area contributed by atoms with Gasteiger partial charge in [0.2, 0.25) is 0 Å². The summed E-state index contributed by atoms with van der Waals surface area (Å²) in [6.07, 6.45) is 7.23. The van der Waals surface area contributed by atoms with Crippen molar-refractivity contribution in [2.45, 2.75) is 58.0 Å². The fourth-order valence-electron chi connectivity index (χ4n) is 2.49. The Hall–Kier alpha value is -0.0400. The summed E-state index contributed by atoms with van der Waals surface area (Å²) >= 11 is 0. The van der Waals surface area contributed by atoms with Gasteiger partial charge in [-0.05, 0) is 44.4 Å². The molecule has 2 fully saturated rings. The molecular formula is C11H21N. The van der Waals surface area contributed by atoms with Crippen molar-refractivity contribution in [1.29, 1.82) is 0 Å². The van der Waals surface area contributed by atoms with Gasteiger partial charge in [0.05, 0.1) is 0 Å². The second-order valence-electron chi connectivity index (χ2n) is 4.92. The standard InChI is InChI=1S/C11H21N/c1-8-6-11(7-8)12-9(2)10-4-3-5-10/h8-12H,3-7H2,1-2H3/t8?,9-,11?/m1/s1. The first kappa shape index (κ1) is 8.55. The quantitative estimate of drug-likeness (QED) is 0.681. The van der Waals surface area contributed by atoms with E-state index in [2.05, 4.69) is 19.2 Å². The molecule has 1 atom stereocenters. The maximum absolute atomic E-state index is 3.75. The molecule has 0 aromatic carbocycles. The van der Waals surface area contributed by atoms with Gasteiger partial charge in [-0.2, -0.15) is 0 Å². The van der Waals surface area contributed by atoms with E-state index in [-0.39, 0.29) is 0 Å². The highest BCUT2D eigenvalue weighted by Crippen LogP contribution is 2.32. The molecule has 0 amide bonds. The van der Waals surface area contributed by atoms with Crippen molar-refractivity contribution in [3.63, 3.8) is 0 Å². The summed E-state index contributed by atoms with van der Waals surface area (Å²) in [5.41, 5.74) is 0. The van der Waals surface area contributed by atoms with Crippen molar-refractivity contribution in [3.05, 3.63) is 0 Å². The first-order valence-corrected chi connectivity index (χ1v) is 5.51. The molecule has 12 heavy (non-hydrogen) atoms. The summed E-state index contributed by atoms with van der Waals surface area (Å²) in [6.45, 7) is 4.72. The second kappa shape index (κ2) is 3.37. The molecule has 0 saturated heterocycles. The van der Waals surface area contributed by atoms with Crippen molar-refractivity contribution < 1.29 is 0 Å². The molecule has 0 aliphatic heterocycles. The molecule has 0 aromatic heterocycles. The summed E-state index contributed by atoms with van der Waals surface area (Å²) in [4.78, 5) is 0. The Morgan fingerprint density at radius 3 is 2.33 bits per heavy atom. The van der Waals surface area contributed by atoms with Crippen molar-refractivity contribution >= 4 is 0 Å². The van der Waals surface area contributed by atoms with E-state index >= 15 is 0 Å². The Morgan fingerprint density at radius 1 is 1.25 bits per heavy atom. The maximum Gasteiger partial charge on any atom is 0.00747 e. The second-order valence-corrected chi connectivity index (χ2v) is 4.92. The van der Waals surface area contributed by atoms with E-state index < -0.39 is 0 Å². The van der Waals surface area contributed by atoms with E-state index in [1.807, 2.05) is 0 Å². The lowest BCUT2D eigenvalue weighted by atomic mass is 9.77. The van der Waals surface area contributed by atoms with E-state index in [0.717, 1.165) is 23.9 Å². The third-order valence-corrected chi connectivity index (χ3v) is 3.73. The minimum absolute atomic E-state index is 0.788. The van der Waals surface area contributed by atoms with Gasteiger partial charge in [-0.15, -0.1) is 0 Å². The largest absolute Gasteiger partial charge is 0.311 e. The molecular weight excluding hydrogens is 146 g/mol. The molecule has 0 bridgehead atoms. The molecule has 1 N–H and O–H groups in total. The lowest BCUT2D eigenvalue weighted by Gasteiger charge is -2.40. The molecule has 2 rings (SSSR count). The molecule has 70 valence electrons. The topological polar surface area (TPSA) is 12.0 Å². The van der Waals surface area contributed by atoms with E-state index in [0.29, 0.717) is 0 Å². The minimum atomic E-state index is 0.788. The van der Waals surface area contributed by atoms with Gasteiger partial charge in [0.15, 0.2) is 0 Å². The fourth-order valence-corrected chi connectivity index (χ4v) is 2.49. The van der Waals surface area contributed by atoms with Crippen LogP contribution in [0.25, 0.3) is 0 Å². The third-order valence-electron chi connectivity index (χ3n) is 3.73. The lowest BCUT2D eigenvalue weighted by molar-refractivity contribution is 0.169. The Morgan fingerprint density at radius 2 is 1.92 bits per heavy atom. The summed E-state index contributed by atoms with van der Waals surface area (Å²) in [5, 5.41) is 3.75. The van der Waals surface area contributed by atoms with Crippen molar-refractivity contribution in [1.82, 2.24) is 5.32 Å². The predicted molar refractivity (Wildman–Crippen MR) is 52.1 cm³/mol. The maximum atomic E-state index is 3.75. The third kappa shape index (κ3) is 1.66. The monoisotopic (exact) mass is 167 g/mol. The molecule has 0 unspecified atom stereocenters. The number of hydrogen-bond donors (Lipinski definition) is 1. The van der Waals surface area contributed by atoms with Gasteiger partial charge >= 0.3 is 0 Å². The number of nitrogens with one attached hydrogen (secondary N) is 1. The molecule has 2 aliphatic carbocycles. The van der Waals surface area contributed by atoms with Crippen molar-refractivity contribution in [3.8, 4) is 0 Å². The zero-order valence-corrected chi connectivity index (χ0v) is 8.34. The zero-order chi connectivity index (χ0) is 8.55. The van der Waals surface area contributed by atoms with Gasteiger partial charge in [0.25, 0.3) is 0 Å². The molecule has 1 nitrogen and oxygen atoms in total. The normalized spacial score (nSPS) is 38.5. The van der Waals surface area contributed by atoms with Crippen LogP contribution in [0.15, 0.2) is 0 Å². The molecule has 1 heteroatoms. The zero-order valence-electron chi connectivity index (χ0n) is 8.34. The van der Waals surface area contributed by atoms with Crippen LogP contribution in [-0.4, -0.2) is 12.1 Å². The van der Waals surface area contributed by atoms with Crippen LogP contribution in [0.5, 0.6) is 0 Å². The first-order chi connectivity index (χ1) is 5.75. The average molecular weight is 167 g/mol. The van der Waals surface area contributed by atoms with Crippen LogP contribution in [-0.2, 0) is 0 Å².